The Morgan fingerprint density at radius 2 is 2.47 bits per heavy atom. The van der Waals surface area contributed by atoms with Crippen molar-refractivity contribution in [1.29, 1.82) is 0 Å². The molecule has 0 aromatic rings. The van der Waals surface area contributed by atoms with Crippen LogP contribution in [-0.4, -0.2) is 41.0 Å². The fourth-order valence-electron chi connectivity index (χ4n) is 2.07. The first-order valence-corrected chi connectivity index (χ1v) is 5.63. The predicted molar refractivity (Wildman–Crippen MR) is 60.2 cm³/mol. The summed E-state index contributed by atoms with van der Waals surface area (Å²) >= 11 is 0. The smallest absolute Gasteiger partial charge is 0.326 e. The molecular formula is C10H16N4O3. The Balaban J connectivity index is 2.67. The van der Waals surface area contributed by atoms with Crippen molar-refractivity contribution in [2.45, 2.75) is 32.2 Å². The highest BCUT2D eigenvalue weighted by Crippen LogP contribution is 2.22. The summed E-state index contributed by atoms with van der Waals surface area (Å²) in [4.78, 5) is 26.8. The average Bonchev–Trinajstić information content (AvgIpc) is 2.64. The second-order valence-electron chi connectivity index (χ2n) is 4.17. The second-order valence-corrected chi connectivity index (χ2v) is 4.17. The van der Waals surface area contributed by atoms with Crippen LogP contribution >= 0.6 is 0 Å². The number of carboxylic acids is 1. The van der Waals surface area contributed by atoms with Crippen molar-refractivity contribution >= 4 is 11.9 Å². The standard InChI is InChI=1S/C10H16N4O3/c1-2-3-8(10(16)17)14-6-7(4-9(14)15)5-12-13-11/h7-8H,2-6H2,1H3,(H,16,17)/t7?,8-/m0/s1. The van der Waals surface area contributed by atoms with Gasteiger partial charge in [-0.25, -0.2) is 4.79 Å². The molecular weight excluding hydrogens is 224 g/mol. The van der Waals surface area contributed by atoms with Gasteiger partial charge in [-0.05, 0) is 17.9 Å². The van der Waals surface area contributed by atoms with Crippen LogP contribution in [0.15, 0.2) is 5.11 Å². The Kier molecular flexibility index (Phi) is 4.78. The SMILES string of the molecule is CCC[C@@H](C(=O)O)N1CC(CN=[N+]=[N-])CC1=O. The van der Waals surface area contributed by atoms with E-state index in [1.54, 1.807) is 0 Å². The van der Waals surface area contributed by atoms with Crippen LogP contribution in [0.4, 0.5) is 0 Å². The topological polar surface area (TPSA) is 106 Å². The van der Waals surface area contributed by atoms with Gasteiger partial charge in [-0.2, -0.15) is 0 Å². The van der Waals surface area contributed by atoms with Crippen LogP contribution in [0, 0.1) is 5.92 Å². The Hall–Kier alpha value is -1.75. The van der Waals surface area contributed by atoms with Gasteiger partial charge in [-0.15, -0.1) is 0 Å². The summed E-state index contributed by atoms with van der Waals surface area (Å²) in [6.45, 7) is 2.50. The molecule has 1 N–H and O–H groups in total. The molecule has 1 aliphatic heterocycles. The van der Waals surface area contributed by atoms with Crippen LogP contribution < -0.4 is 0 Å². The number of carboxylic acid groups (broad SMARTS) is 1. The molecule has 94 valence electrons. The van der Waals surface area contributed by atoms with E-state index in [-0.39, 0.29) is 24.8 Å². The third-order valence-corrected chi connectivity index (χ3v) is 2.87. The monoisotopic (exact) mass is 240 g/mol. The van der Waals surface area contributed by atoms with Gasteiger partial charge in [0.15, 0.2) is 0 Å². The van der Waals surface area contributed by atoms with Gasteiger partial charge < -0.3 is 10.0 Å². The van der Waals surface area contributed by atoms with Crippen molar-refractivity contribution in [3.05, 3.63) is 10.4 Å². The lowest BCUT2D eigenvalue weighted by Gasteiger charge is -2.24. The quantitative estimate of drug-likeness (QED) is 0.430. The van der Waals surface area contributed by atoms with E-state index in [1.807, 2.05) is 6.92 Å². The van der Waals surface area contributed by atoms with E-state index in [1.165, 1.54) is 4.90 Å². The van der Waals surface area contributed by atoms with E-state index in [9.17, 15) is 9.59 Å². The summed E-state index contributed by atoms with van der Waals surface area (Å²) in [5.41, 5.74) is 8.21. The molecule has 7 nitrogen and oxygen atoms in total. The number of carbonyl (C=O) groups is 2. The van der Waals surface area contributed by atoms with E-state index >= 15 is 0 Å². The maximum Gasteiger partial charge on any atom is 0.326 e. The third-order valence-electron chi connectivity index (χ3n) is 2.87. The number of hydrogen-bond acceptors (Lipinski definition) is 3. The van der Waals surface area contributed by atoms with Gasteiger partial charge in [0.25, 0.3) is 0 Å². The maximum absolute atomic E-state index is 11.7. The molecule has 0 aliphatic carbocycles. The molecule has 2 atom stereocenters. The summed E-state index contributed by atoms with van der Waals surface area (Å²) in [6, 6.07) is -0.747. The predicted octanol–water partition coefficient (Wildman–Crippen LogP) is 1.40. The zero-order valence-electron chi connectivity index (χ0n) is 9.74. The first-order chi connectivity index (χ1) is 8.10. The van der Waals surface area contributed by atoms with Crippen LogP contribution in [0.25, 0.3) is 10.4 Å². The molecule has 0 saturated carbocycles. The molecule has 0 aromatic heterocycles. The zero-order chi connectivity index (χ0) is 12.8. The van der Waals surface area contributed by atoms with Crippen molar-refractivity contribution in [3.8, 4) is 0 Å². The second kappa shape index (κ2) is 6.10. The lowest BCUT2D eigenvalue weighted by molar-refractivity contribution is -0.148. The zero-order valence-corrected chi connectivity index (χ0v) is 9.74. The molecule has 17 heavy (non-hydrogen) atoms. The summed E-state index contributed by atoms with van der Waals surface area (Å²) in [5.74, 6) is -1.19. The largest absolute Gasteiger partial charge is 0.480 e. The van der Waals surface area contributed by atoms with Crippen LogP contribution in [0.2, 0.25) is 0 Å². The van der Waals surface area contributed by atoms with E-state index in [0.717, 1.165) is 0 Å². The minimum atomic E-state index is -0.968. The van der Waals surface area contributed by atoms with E-state index in [0.29, 0.717) is 19.4 Å². The minimum Gasteiger partial charge on any atom is -0.480 e. The molecule has 0 spiro atoms. The van der Waals surface area contributed by atoms with Gasteiger partial charge in [0.05, 0.1) is 0 Å². The van der Waals surface area contributed by atoms with Crippen molar-refractivity contribution in [2.75, 3.05) is 13.1 Å². The van der Waals surface area contributed by atoms with Gasteiger partial charge in [0.1, 0.15) is 6.04 Å². The lowest BCUT2D eigenvalue weighted by atomic mass is 10.1. The van der Waals surface area contributed by atoms with Crippen LogP contribution in [0.5, 0.6) is 0 Å². The molecule has 0 aromatic carbocycles. The Morgan fingerprint density at radius 1 is 1.76 bits per heavy atom. The summed E-state index contributed by atoms with van der Waals surface area (Å²) in [5, 5.41) is 12.5. The molecule has 1 rings (SSSR count). The number of amides is 1. The molecule has 1 aliphatic rings. The Labute approximate surface area is 99.0 Å². The Morgan fingerprint density at radius 3 is 3.00 bits per heavy atom. The average molecular weight is 240 g/mol. The highest BCUT2D eigenvalue weighted by Gasteiger charge is 2.36. The van der Waals surface area contributed by atoms with E-state index < -0.39 is 12.0 Å². The highest BCUT2D eigenvalue weighted by molar-refractivity contribution is 5.85. The normalized spacial score (nSPS) is 21.1. The first-order valence-electron chi connectivity index (χ1n) is 5.63. The third kappa shape index (κ3) is 3.35. The van der Waals surface area contributed by atoms with Gasteiger partial charge in [-0.3, -0.25) is 4.79 Å². The van der Waals surface area contributed by atoms with Crippen molar-refractivity contribution in [3.63, 3.8) is 0 Å². The molecule has 1 unspecified atom stereocenters. The van der Waals surface area contributed by atoms with Crippen LogP contribution in [-0.2, 0) is 9.59 Å². The number of azide groups is 1. The van der Waals surface area contributed by atoms with Gasteiger partial charge in [0, 0.05) is 24.4 Å². The molecule has 1 fully saturated rings. The summed E-state index contributed by atoms with van der Waals surface area (Å²) in [6.07, 6.45) is 1.43. The molecule has 1 heterocycles. The summed E-state index contributed by atoms with van der Waals surface area (Å²) in [7, 11) is 0. The Bertz CT molecular complexity index is 351. The first kappa shape index (κ1) is 13.3. The number of likely N-dealkylation sites (tertiary alicyclic amines) is 1. The molecule has 0 bridgehead atoms. The molecule has 0 radical (unpaired) electrons. The van der Waals surface area contributed by atoms with Crippen LogP contribution in [0.1, 0.15) is 26.2 Å². The minimum absolute atomic E-state index is 0.0582. The number of aliphatic carboxylic acids is 1. The van der Waals surface area contributed by atoms with E-state index in [2.05, 4.69) is 10.0 Å². The molecule has 1 amide bonds. The van der Waals surface area contributed by atoms with Gasteiger partial charge in [-0.1, -0.05) is 18.5 Å². The number of carbonyl (C=O) groups excluding carboxylic acids is 1. The lowest BCUT2D eigenvalue weighted by Crippen LogP contribution is -2.42. The fraction of sp³-hybridized carbons (Fsp3) is 0.800. The highest BCUT2D eigenvalue weighted by atomic mass is 16.4. The number of rotatable bonds is 6. The maximum atomic E-state index is 11.7. The van der Waals surface area contributed by atoms with Crippen molar-refractivity contribution < 1.29 is 14.7 Å². The molecule has 1 saturated heterocycles. The van der Waals surface area contributed by atoms with Crippen molar-refractivity contribution in [1.82, 2.24) is 4.90 Å². The van der Waals surface area contributed by atoms with Crippen molar-refractivity contribution in [2.24, 2.45) is 11.0 Å². The van der Waals surface area contributed by atoms with E-state index in [4.69, 9.17) is 10.6 Å². The fourth-order valence-corrected chi connectivity index (χ4v) is 2.07. The number of nitrogens with zero attached hydrogens (tertiary/aromatic N) is 4. The van der Waals surface area contributed by atoms with Crippen LogP contribution in [0.3, 0.4) is 0 Å². The van der Waals surface area contributed by atoms with Gasteiger partial charge in [0.2, 0.25) is 5.91 Å². The number of hydrogen-bond donors (Lipinski definition) is 1. The molecule has 7 heteroatoms. The van der Waals surface area contributed by atoms with Gasteiger partial charge >= 0.3 is 5.97 Å². The summed E-state index contributed by atoms with van der Waals surface area (Å²) < 4.78 is 0.